The van der Waals surface area contributed by atoms with Gasteiger partial charge in [0.2, 0.25) is 0 Å². The standard InChI is InChI=1S/C30H44FN/c1-2-3-4-7-24-10-12-25(13-11-24)8-5-6-9-26-14-18-28(19-15-26)29-20-16-27(17-21-29)22-30(31)23-32/h10-13,22,26-29H,2-9,14-21H2,1H3/t26-,27-,28-,29-. The summed E-state index contributed by atoms with van der Waals surface area (Å²) in [6.45, 7) is 2.27. The van der Waals surface area contributed by atoms with Gasteiger partial charge in [0.1, 0.15) is 6.07 Å². The van der Waals surface area contributed by atoms with E-state index in [1.807, 2.05) is 0 Å². The minimum atomic E-state index is -0.589. The van der Waals surface area contributed by atoms with E-state index < -0.39 is 5.83 Å². The Hall–Kier alpha value is -1.62. The fraction of sp³-hybridized carbons (Fsp3) is 0.700. The van der Waals surface area contributed by atoms with E-state index in [9.17, 15) is 4.39 Å². The third kappa shape index (κ3) is 8.38. The molecule has 176 valence electrons. The first-order valence-electron chi connectivity index (χ1n) is 13.5. The molecule has 1 aromatic carbocycles. The minimum Gasteiger partial charge on any atom is -0.195 e. The monoisotopic (exact) mass is 437 g/mol. The van der Waals surface area contributed by atoms with Crippen molar-refractivity contribution in [3.63, 3.8) is 0 Å². The van der Waals surface area contributed by atoms with Crippen molar-refractivity contribution in [2.24, 2.45) is 23.7 Å². The highest BCUT2D eigenvalue weighted by Gasteiger charge is 2.30. The average molecular weight is 438 g/mol. The summed E-state index contributed by atoms with van der Waals surface area (Å²) in [4.78, 5) is 0. The number of nitriles is 1. The van der Waals surface area contributed by atoms with Crippen molar-refractivity contribution in [2.45, 2.75) is 110 Å². The van der Waals surface area contributed by atoms with Gasteiger partial charge in [0.05, 0.1) is 0 Å². The number of halogens is 1. The van der Waals surface area contributed by atoms with Gasteiger partial charge >= 0.3 is 0 Å². The van der Waals surface area contributed by atoms with E-state index in [2.05, 4.69) is 31.2 Å². The number of aryl methyl sites for hydroxylation is 2. The first kappa shape index (κ1) is 25.0. The normalized spacial score (nSPS) is 26.6. The molecule has 0 saturated heterocycles. The number of unbranched alkanes of at least 4 members (excludes halogenated alkanes) is 3. The summed E-state index contributed by atoms with van der Waals surface area (Å²) in [5.74, 6) is 2.38. The summed E-state index contributed by atoms with van der Waals surface area (Å²) in [6, 6.07) is 11.0. The maximum Gasteiger partial charge on any atom is 0.196 e. The van der Waals surface area contributed by atoms with Crippen molar-refractivity contribution >= 4 is 0 Å². The van der Waals surface area contributed by atoms with Crippen LogP contribution in [0, 0.1) is 35.0 Å². The highest BCUT2D eigenvalue weighted by Crippen LogP contribution is 2.42. The van der Waals surface area contributed by atoms with Crippen LogP contribution < -0.4 is 0 Å². The second kappa shape index (κ2) is 13.8. The zero-order valence-electron chi connectivity index (χ0n) is 20.3. The van der Waals surface area contributed by atoms with Crippen LogP contribution in [0.5, 0.6) is 0 Å². The van der Waals surface area contributed by atoms with Crippen molar-refractivity contribution < 1.29 is 4.39 Å². The molecule has 32 heavy (non-hydrogen) atoms. The number of hydrogen-bond donors (Lipinski definition) is 0. The third-order valence-electron chi connectivity index (χ3n) is 8.28. The van der Waals surface area contributed by atoms with Gasteiger partial charge in [-0.15, -0.1) is 0 Å². The van der Waals surface area contributed by atoms with Gasteiger partial charge in [-0.25, -0.2) is 0 Å². The quantitative estimate of drug-likeness (QED) is 0.250. The van der Waals surface area contributed by atoms with Gasteiger partial charge in [-0.3, -0.25) is 0 Å². The highest BCUT2D eigenvalue weighted by molar-refractivity contribution is 5.22. The van der Waals surface area contributed by atoms with Gasteiger partial charge < -0.3 is 0 Å². The SMILES string of the molecule is CCCCCc1ccc(CCCC[C@H]2CC[C@H]([C@H]3CC[C@H](C=C(F)C#N)CC3)CC2)cc1. The molecule has 2 aliphatic rings. The molecule has 2 fully saturated rings. The molecule has 3 rings (SSSR count). The maximum atomic E-state index is 13.2. The molecular weight excluding hydrogens is 393 g/mol. The van der Waals surface area contributed by atoms with Crippen molar-refractivity contribution in [3.05, 3.63) is 47.3 Å². The lowest BCUT2D eigenvalue weighted by Gasteiger charge is -2.37. The summed E-state index contributed by atoms with van der Waals surface area (Å²) in [6.07, 6.45) is 22.3. The first-order valence-corrected chi connectivity index (χ1v) is 13.5. The number of rotatable bonds is 11. The lowest BCUT2D eigenvalue weighted by Crippen LogP contribution is -2.25. The van der Waals surface area contributed by atoms with Crippen molar-refractivity contribution in [1.82, 2.24) is 0 Å². The smallest absolute Gasteiger partial charge is 0.195 e. The molecule has 0 radical (unpaired) electrons. The molecule has 1 aromatic rings. The van der Waals surface area contributed by atoms with Gasteiger partial charge in [-0.1, -0.05) is 69.7 Å². The van der Waals surface area contributed by atoms with E-state index in [4.69, 9.17) is 5.26 Å². The minimum absolute atomic E-state index is 0.291. The fourth-order valence-electron chi connectivity index (χ4n) is 6.19. The number of hydrogen-bond acceptors (Lipinski definition) is 1. The van der Waals surface area contributed by atoms with E-state index in [0.717, 1.165) is 30.6 Å². The molecule has 0 heterocycles. The summed E-state index contributed by atoms with van der Waals surface area (Å²) in [5.41, 5.74) is 3.01. The Morgan fingerprint density at radius 1 is 0.844 bits per heavy atom. The van der Waals surface area contributed by atoms with Gasteiger partial charge in [-0.2, -0.15) is 9.65 Å². The molecule has 0 atom stereocenters. The van der Waals surface area contributed by atoms with Crippen LogP contribution in [0.4, 0.5) is 4.39 Å². The van der Waals surface area contributed by atoms with Crippen LogP contribution in [-0.4, -0.2) is 0 Å². The van der Waals surface area contributed by atoms with Crippen LogP contribution in [-0.2, 0) is 12.8 Å². The van der Waals surface area contributed by atoms with E-state index in [0.29, 0.717) is 5.92 Å². The van der Waals surface area contributed by atoms with Crippen LogP contribution in [0.1, 0.15) is 108 Å². The Labute approximate surface area is 196 Å². The summed E-state index contributed by atoms with van der Waals surface area (Å²) in [7, 11) is 0. The molecule has 0 spiro atoms. The lowest BCUT2D eigenvalue weighted by atomic mass is 9.68. The average Bonchev–Trinajstić information content (AvgIpc) is 2.84. The lowest BCUT2D eigenvalue weighted by molar-refractivity contribution is 0.151. The Kier molecular flexibility index (Phi) is 10.8. The fourth-order valence-corrected chi connectivity index (χ4v) is 6.19. The van der Waals surface area contributed by atoms with Crippen LogP contribution in [0.2, 0.25) is 0 Å². The molecule has 0 unspecified atom stereocenters. The maximum absolute atomic E-state index is 13.2. The number of nitrogens with zero attached hydrogens (tertiary/aromatic N) is 1. The Bertz CT molecular complexity index is 712. The second-order valence-electron chi connectivity index (χ2n) is 10.6. The van der Waals surface area contributed by atoms with Crippen LogP contribution in [0.3, 0.4) is 0 Å². The molecule has 0 amide bonds. The molecule has 2 saturated carbocycles. The molecular formula is C30H44FN. The van der Waals surface area contributed by atoms with E-state index >= 15 is 0 Å². The third-order valence-corrected chi connectivity index (χ3v) is 8.28. The Morgan fingerprint density at radius 3 is 1.91 bits per heavy atom. The predicted molar refractivity (Wildman–Crippen MR) is 133 cm³/mol. The summed E-state index contributed by atoms with van der Waals surface area (Å²) >= 11 is 0. The van der Waals surface area contributed by atoms with Crippen LogP contribution in [0.25, 0.3) is 0 Å². The van der Waals surface area contributed by atoms with E-state index in [-0.39, 0.29) is 0 Å². The number of allylic oxidation sites excluding steroid dienone is 2. The molecule has 0 aliphatic heterocycles. The largest absolute Gasteiger partial charge is 0.196 e. The highest BCUT2D eigenvalue weighted by atomic mass is 19.1. The topological polar surface area (TPSA) is 23.8 Å². The Morgan fingerprint density at radius 2 is 1.38 bits per heavy atom. The number of benzene rings is 1. The van der Waals surface area contributed by atoms with Crippen molar-refractivity contribution in [3.8, 4) is 6.07 Å². The van der Waals surface area contributed by atoms with Gasteiger partial charge in [0.25, 0.3) is 0 Å². The molecule has 0 N–H and O–H groups in total. The van der Waals surface area contributed by atoms with Crippen LogP contribution in [0.15, 0.2) is 36.2 Å². The summed E-state index contributed by atoms with van der Waals surface area (Å²) in [5, 5.41) is 8.63. The first-order chi connectivity index (χ1) is 15.7. The van der Waals surface area contributed by atoms with E-state index in [1.54, 1.807) is 12.1 Å². The molecule has 2 heteroatoms. The second-order valence-corrected chi connectivity index (χ2v) is 10.6. The van der Waals surface area contributed by atoms with Gasteiger partial charge in [0.15, 0.2) is 5.83 Å². The van der Waals surface area contributed by atoms with Gasteiger partial charge in [-0.05, 0) is 105 Å². The van der Waals surface area contributed by atoms with Crippen LogP contribution >= 0.6 is 0 Å². The van der Waals surface area contributed by atoms with Gasteiger partial charge in [0, 0.05) is 0 Å². The van der Waals surface area contributed by atoms with Crippen molar-refractivity contribution in [1.29, 1.82) is 5.26 Å². The molecule has 1 nitrogen and oxygen atoms in total. The van der Waals surface area contributed by atoms with Crippen molar-refractivity contribution in [2.75, 3.05) is 0 Å². The summed E-state index contributed by atoms with van der Waals surface area (Å²) < 4.78 is 13.2. The zero-order valence-corrected chi connectivity index (χ0v) is 20.3. The zero-order chi connectivity index (χ0) is 22.6. The Balaban J connectivity index is 1.26. The van der Waals surface area contributed by atoms with E-state index in [1.165, 1.54) is 101 Å². The molecule has 0 aromatic heterocycles. The predicted octanol–water partition coefficient (Wildman–Crippen LogP) is 9.12. The molecule has 0 bridgehead atoms. The molecule has 2 aliphatic carbocycles.